The molecule has 1 N–H and O–H groups in total. The second-order valence-corrected chi connectivity index (χ2v) is 3.24. The second-order valence-electron chi connectivity index (χ2n) is 2.33. The third-order valence-electron chi connectivity index (χ3n) is 1.30. The highest BCUT2D eigenvalue weighted by Crippen LogP contribution is 2.15. The van der Waals surface area contributed by atoms with Crippen molar-refractivity contribution in [3.8, 4) is 0 Å². The van der Waals surface area contributed by atoms with Gasteiger partial charge in [-0.05, 0) is 6.92 Å². The molecule has 0 fully saturated rings. The van der Waals surface area contributed by atoms with Gasteiger partial charge in [-0.25, -0.2) is 0 Å². The molecule has 60 valence electrons. The smallest absolute Gasteiger partial charge is 0.217 e. The van der Waals surface area contributed by atoms with Crippen LogP contribution in [0.4, 0.5) is 0 Å². The number of carbonyl (C=O) groups excluding carboxylic acids is 1. The van der Waals surface area contributed by atoms with E-state index >= 15 is 0 Å². The molecule has 1 aromatic rings. The van der Waals surface area contributed by atoms with Crippen LogP contribution in [0.1, 0.15) is 24.8 Å². The van der Waals surface area contributed by atoms with Gasteiger partial charge < -0.3 is 5.32 Å². The molecule has 1 aromatic heterocycles. The van der Waals surface area contributed by atoms with E-state index in [2.05, 4.69) is 10.3 Å². The van der Waals surface area contributed by atoms with Crippen molar-refractivity contribution in [3.63, 3.8) is 0 Å². The highest BCUT2D eigenvalue weighted by molar-refractivity contribution is 7.09. The van der Waals surface area contributed by atoms with Crippen LogP contribution in [0.25, 0.3) is 0 Å². The summed E-state index contributed by atoms with van der Waals surface area (Å²) in [6, 6.07) is 0.0833. The molecule has 0 radical (unpaired) electrons. The average Bonchev–Trinajstić information content (AvgIpc) is 2.35. The lowest BCUT2D eigenvalue weighted by Crippen LogP contribution is -2.22. The van der Waals surface area contributed by atoms with Gasteiger partial charge in [-0.15, -0.1) is 11.3 Å². The highest BCUT2D eigenvalue weighted by atomic mass is 32.1. The maximum Gasteiger partial charge on any atom is 0.217 e. The molecule has 0 aromatic carbocycles. The molecule has 1 heterocycles. The lowest BCUT2D eigenvalue weighted by molar-refractivity contribution is -0.119. The van der Waals surface area contributed by atoms with Gasteiger partial charge in [-0.3, -0.25) is 9.78 Å². The zero-order chi connectivity index (χ0) is 8.27. The van der Waals surface area contributed by atoms with Crippen LogP contribution >= 0.6 is 11.3 Å². The van der Waals surface area contributed by atoms with E-state index in [1.165, 1.54) is 6.92 Å². The van der Waals surface area contributed by atoms with Crippen molar-refractivity contribution >= 4 is 17.2 Å². The van der Waals surface area contributed by atoms with Crippen LogP contribution < -0.4 is 5.32 Å². The predicted octanol–water partition coefficient (Wildman–Crippen LogP) is 1.34. The Balaban J connectivity index is 2.56. The number of rotatable bonds is 2. The lowest BCUT2D eigenvalue weighted by atomic mass is 10.3. The third kappa shape index (κ3) is 2.31. The molecule has 0 saturated carbocycles. The van der Waals surface area contributed by atoms with Crippen molar-refractivity contribution in [2.24, 2.45) is 0 Å². The lowest BCUT2D eigenvalue weighted by Gasteiger charge is -2.08. The van der Waals surface area contributed by atoms with Crippen LogP contribution in [0, 0.1) is 0 Å². The molecule has 3 nitrogen and oxygen atoms in total. The molecule has 0 spiro atoms. The van der Waals surface area contributed by atoms with Crippen LogP contribution in [0.15, 0.2) is 11.7 Å². The number of hydrogen-bond donors (Lipinski definition) is 1. The Labute approximate surface area is 69.5 Å². The summed E-state index contributed by atoms with van der Waals surface area (Å²) in [4.78, 5) is 15.6. The molecular formula is C7H10N2OS. The summed E-state index contributed by atoms with van der Waals surface area (Å²) < 4.78 is 0. The van der Waals surface area contributed by atoms with Crippen molar-refractivity contribution in [1.29, 1.82) is 0 Å². The van der Waals surface area contributed by atoms with E-state index < -0.39 is 0 Å². The first-order valence-electron chi connectivity index (χ1n) is 3.35. The molecular weight excluding hydrogens is 160 g/mol. The van der Waals surface area contributed by atoms with Gasteiger partial charge in [0.1, 0.15) is 0 Å². The molecule has 0 bridgehead atoms. The molecule has 4 heteroatoms. The summed E-state index contributed by atoms with van der Waals surface area (Å²) in [7, 11) is 0. The summed E-state index contributed by atoms with van der Waals surface area (Å²) in [5.41, 5.74) is 1.76. The van der Waals surface area contributed by atoms with E-state index in [1.54, 1.807) is 23.0 Å². The number of amides is 1. The van der Waals surface area contributed by atoms with Gasteiger partial charge in [-0.2, -0.15) is 0 Å². The number of nitrogens with zero attached hydrogens (tertiary/aromatic N) is 1. The minimum absolute atomic E-state index is 0.00843. The largest absolute Gasteiger partial charge is 0.349 e. The molecule has 1 amide bonds. The first-order valence-corrected chi connectivity index (χ1v) is 4.23. The Morgan fingerprint density at radius 1 is 1.82 bits per heavy atom. The Morgan fingerprint density at radius 2 is 2.55 bits per heavy atom. The summed E-state index contributed by atoms with van der Waals surface area (Å²) in [5.74, 6) is -0.00843. The summed E-state index contributed by atoms with van der Waals surface area (Å²) >= 11 is 1.55. The van der Waals surface area contributed by atoms with Gasteiger partial charge in [0.15, 0.2) is 0 Å². The quantitative estimate of drug-likeness (QED) is 0.727. The highest BCUT2D eigenvalue weighted by Gasteiger charge is 2.06. The minimum atomic E-state index is -0.00843. The number of nitrogens with one attached hydrogen (secondary N) is 1. The van der Waals surface area contributed by atoms with Crippen molar-refractivity contribution < 1.29 is 4.79 Å². The number of carbonyl (C=O) groups is 1. The molecule has 0 aliphatic carbocycles. The maximum atomic E-state index is 10.6. The van der Waals surface area contributed by atoms with Crippen LogP contribution in [-0.4, -0.2) is 10.9 Å². The molecule has 0 aliphatic rings. The molecule has 1 rings (SSSR count). The van der Waals surface area contributed by atoms with E-state index in [4.69, 9.17) is 0 Å². The van der Waals surface area contributed by atoms with E-state index in [-0.39, 0.29) is 11.9 Å². The molecule has 1 atom stereocenters. The molecule has 0 aliphatic heterocycles. The van der Waals surface area contributed by atoms with Crippen LogP contribution in [0.2, 0.25) is 0 Å². The van der Waals surface area contributed by atoms with Gasteiger partial charge >= 0.3 is 0 Å². The second kappa shape index (κ2) is 3.48. The zero-order valence-electron chi connectivity index (χ0n) is 6.50. The van der Waals surface area contributed by atoms with Gasteiger partial charge in [0, 0.05) is 18.0 Å². The first-order chi connectivity index (χ1) is 5.20. The molecule has 11 heavy (non-hydrogen) atoms. The average molecular weight is 170 g/mol. The van der Waals surface area contributed by atoms with E-state index in [9.17, 15) is 4.79 Å². The fraction of sp³-hybridized carbons (Fsp3) is 0.429. The predicted molar refractivity (Wildman–Crippen MR) is 44.3 cm³/mol. The van der Waals surface area contributed by atoms with E-state index in [0.717, 1.165) is 4.88 Å². The topological polar surface area (TPSA) is 42.0 Å². The van der Waals surface area contributed by atoms with Crippen LogP contribution in [-0.2, 0) is 4.79 Å². The number of hydrogen-bond acceptors (Lipinski definition) is 3. The van der Waals surface area contributed by atoms with Crippen LogP contribution in [0.5, 0.6) is 0 Å². The number of thiazole rings is 1. The van der Waals surface area contributed by atoms with Crippen LogP contribution in [0.3, 0.4) is 0 Å². The van der Waals surface area contributed by atoms with E-state index in [0.29, 0.717) is 0 Å². The van der Waals surface area contributed by atoms with Gasteiger partial charge in [0.25, 0.3) is 0 Å². The monoisotopic (exact) mass is 170 g/mol. The fourth-order valence-electron chi connectivity index (χ4n) is 0.815. The van der Waals surface area contributed by atoms with Gasteiger partial charge in [-0.1, -0.05) is 0 Å². The fourth-order valence-corrected chi connectivity index (χ4v) is 1.44. The Bertz CT molecular complexity index is 233. The van der Waals surface area contributed by atoms with Crippen molar-refractivity contribution in [3.05, 3.63) is 16.6 Å². The van der Waals surface area contributed by atoms with Gasteiger partial charge in [0.05, 0.1) is 11.6 Å². The summed E-state index contributed by atoms with van der Waals surface area (Å²) in [5, 5.41) is 2.78. The summed E-state index contributed by atoms with van der Waals surface area (Å²) in [6.45, 7) is 3.45. The summed E-state index contributed by atoms with van der Waals surface area (Å²) in [6.07, 6.45) is 1.77. The third-order valence-corrected chi connectivity index (χ3v) is 2.26. The van der Waals surface area contributed by atoms with Gasteiger partial charge in [0.2, 0.25) is 5.91 Å². The van der Waals surface area contributed by atoms with Crippen molar-refractivity contribution in [2.75, 3.05) is 0 Å². The van der Waals surface area contributed by atoms with E-state index in [1.807, 2.05) is 6.92 Å². The molecule has 0 saturated heterocycles. The Hall–Kier alpha value is -0.900. The van der Waals surface area contributed by atoms with Crippen molar-refractivity contribution in [1.82, 2.24) is 10.3 Å². The maximum absolute atomic E-state index is 10.6. The SMILES string of the molecule is CC(=O)N[C@@H](C)c1cncs1. The number of aromatic nitrogens is 1. The first kappa shape index (κ1) is 8.20. The zero-order valence-corrected chi connectivity index (χ0v) is 7.31. The normalized spacial score (nSPS) is 12.5. The minimum Gasteiger partial charge on any atom is -0.349 e. The molecule has 0 unspecified atom stereocenters. The van der Waals surface area contributed by atoms with Crippen molar-refractivity contribution in [2.45, 2.75) is 19.9 Å². The Kier molecular flexibility index (Phi) is 2.59. The Morgan fingerprint density at radius 3 is 3.00 bits per heavy atom. The standard InChI is InChI=1S/C7H10N2OS/c1-5(9-6(2)10)7-3-8-4-11-7/h3-5H,1-2H3,(H,9,10)/t5-/m0/s1.